The number of primary amides is 1. The van der Waals surface area contributed by atoms with Crippen LogP contribution in [-0.2, 0) is 13.1 Å². The topological polar surface area (TPSA) is 116 Å². The van der Waals surface area contributed by atoms with Gasteiger partial charge in [0.25, 0.3) is 5.56 Å². The Morgan fingerprint density at radius 1 is 1.08 bits per heavy atom. The van der Waals surface area contributed by atoms with E-state index >= 15 is 0 Å². The van der Waals surface area contributed by atoms with Gasteiger partial charge in [-0.3, -0.25) is 18.7 Å². The van der Waals surface area contributed by atoms with E-state index in [1.54, 1.807) is 24.3 Å². The van der Waals surface area contributed by atoms with Crippen molar-refractivity contribution in [2.45, 2.75) is 39.8 Å². The smallest absolute Gasteiger partial charge is 0.332 e. The molecule has 8 heteroatoms. The van der Waals surface area contributed by atoms with Crippen LogP contribution >= 0.6 is 0 Å². The normalized spacial score (nSPS) is 11.2. The number of nitrogens with two attached hydrogens (primary N) is 1. The summed E-state index contributed by atoms with van der Waals surface area (Å²) in [6, 6.07) is 6.59. The Hall–Kier alpha value is -3.16. The summed E-state index contributed by atoms with van der Waals surface area (Å²) in [4.78, 5) is 44.1. The number of carbonyl (C=O) groups is 1. The molecule has 26 heavy (non-hydrogen) atoms. The number of amides is 1. The number of hydrogen-bond donors (Lipinski definition) is 2. The van der Waals surface area contributed by atoms with Gasteiger partial charge in [-0.15, -0.1) is 0 Å². The molecule has 8 nitrogen and oxygen atoms in total. The van der Waals surface area contributed by atoms with Crippen molar-refractivity contribution in [2.24, 2.45) is 5.73 Å². The number of aromatic amines is 1. The van der Waals surface area contributed by atoms with Crippen molar-refractivity contribution >= 4 is 17.1 Å². The highest BCUT2D eigenvalue weighted by atomic mass is 16.2. The molecule has 2 heterocycles. The molecule has 3 rings (SSSR count). The number of imidazole rings is 1. The predicted octanol–water partition coefficient (Wildman–Crippen LogP) is 1.47. The lowest BCUT2D eigenvalue weighted by molar-refractivity contribution is 0.100. The van der Waals surface area contributed by atoms with Crippen molar-refractivity contribution in [2.75, 3.05) is 0 Å². The maximum atomic E-state index is 12.7. The van der Waals surface area contributed by atoms with Crippen molar-refractivity contribution in [1.29, 1.82) is 0 Å². The maximum absolute atomic E-state index is 12.7. The summed E-state index contributed by atoms with van der Waals surface area (Å²) >= 11 is 0. The zero-order valence-corrected chi connectivity index (χ0v) is 14.8. The summed E-state index contributed by atoms with van der Waals surface area (Å²) in [6.45, 7) is 4.71. The van der Waals surface area contributed by atoms with Gasteiger partial charge in [-0.05, 0) is 25.0 Å². The van der Waals surface area contributed by atoms with Gasteiger partial charge in [0, 0.05) is 24.2 Å². The standard InChI is InChI=1S/C18H21N5O3/c1-3-9-22-16-13(17(25)23(10-4-2)18(22)26)20-15(21-16)12-7-5-11(6-8-12)14(19)24/h5-8H,3-4,9-10H2,1-2H3,(H2,19,24)(H,20,21). The fourth-order valence-electron chi connectivity index (χ4n) is 2.94. The molecule has 0 bridgehead atoms. The molecule has 0 aliphatic heterocycles. The molecule has 1 amide bonds. The fourth-order valence-corrected chi connectivity index (χ4v) is 2.94. The van der Waals surface area contributed by atoms with E-state index < -0.39 is 5.91 Å². The molecular formula is C18H21N5O3. The minimum atomic E-state index is -0.514. The van der Waals surface area contributed by atoms with Gasteiger partial charge in [-0.25, -0.2) is 9.78 Å². The molecule has 0 aliphatic rings. The number of nitrogens with zero attached hydrogens (tertiary/aromatic N) is 3. The fraction of sp³-hybridized carbons (Fsp3) is 0.333. The van der Waals surface area contributed by atoms with Crippen LogP contribution in [0.1, 0.15) is 37.0 Å². The highest BCUT2D eigenvalue weighted by Crippen LogP contribution is 2.19. The molecule has 0 aliphatic carbocycles. The molecule has 136 valence electrons. The third-order valence-corrected chi connectivity index (χ3v) is 4.20. The number of rotatable bonds is 6. The number of hydrogen-bond acceptors (Lipinski definition) is 4. The third kappa shape index (κ3) is 2.94. The maximum Gasteiger partial charge on any atom is 0.332 e. The van der Waals surface area contributed by atoms with Crippen molar-refractivity contribution in [3.63, 3.8) is 0 Å². The van der Waals surface area contributed by atoms with Crippen LogP contribution in [0.2, 0.25) is 0 Å². The molecule has 2 aromatic heterocycles. The Balaban J connectivity index is 2.22. The third-order valence-electron chi connectivity index (χ3n) is 4.20. The first-order valence-corrected chi connectivity index (χ1v) is 8.61. The highest BCUT2D eigenvalue weighted by Gasteiger charge is 2.17. The van der Waals surface area contributed by atoms with Gasteiger partial charge in [0.1, 0.15) is 11.3 Å². The van der Waals surface area contributed by atoms with Gasteiger partial charge < -0.3 is 10.7 Å². The summed E-state index contributed by atoms with van der Waals surface area (Å²) in [5, 5.41) is 0. The molecular weight excluding hydrogens is 334 g/mol. The van der Waals surface area contributed by atoms with Gasteiger partial charge in [0.2, 0.25) is 5.91 Å². The van der Waals surface area contributed by atoms with Crippen molar-refractivity contribution < 1.29 is 4.79 Å². The van der Waals surface area contributed by atoms with E-state index in [0.29, 0.717) is 47.6 Å². The second kappa shape index (κ2) is 6.99. The Bertz CT molecular complexity index is 1070. The first-order valence-electron chi connectivity index (χ1n) is 8.61. The summed E-state index contributed by atoms with van der Waals surface area (Å²) in [5.74, 6) is -0.0491. The molecule has 0 radical (unpaired) electrons. The predicted molar refractivity (Wildman–Crippen MR) is 99.1 cm³/mol. The number of fused-ring (bicyclic) bond motifs is 1. The average molecular weight is 355 g/mol. The number of aromatic nitrogens is 4. The molecule has 1 aromatic carbocycles. The monoisotopic (exact) mass is 355 g/mol. The van der Waals surface area contributed by atoms with E-state index in [9.17, 15) is 14.4 Å². The van der Waals surface area contributed by atoms with E-state index in [1.807, 2.05) is 13.8 Å². The molecule has 3 N–H and O–H groups in total. The number of nitrogens with one attached hydrogen (secondary N) is 1. The second-order valence-electron chi connectivity index (χ2n) is 6.12. The second-order valence-corrected chi connectivity index (χ2v) is 6.12. The van der Waals surface area contributed by atoms with E-state index in [-0.39, 0.29) is 11.2 Å². The first kappa shape index (κ1) is 17.7. The first-order chi connectivity index (χ1) is 12.5. The summed E-state index contributed by atoms with van der Waals surface area (Å²) in [7, 11) is 0. The quantitative estimate of drug-likeness (QED) is 0.696. The average Bonchev–Trinajstić information content (AvgIpc) is 3.08. The number of benzene rings is 1. The molecule has 0 atom stereocenters. The van der Waals surface area contributed by atoms with Crippen LogP contribution in [0.4, 0.5) is 0 Å². The summed E-state index contributed by atoms with van der Waals surface area (Å²) in [6.07, 6.45) is 1.43. The van der Waals surface area contributed by atoms with E-state index in [4.69, 9.17) is 5.73 Å². The van der Waals surface area contributed by atoms with Crippen molar-refractivity contribution in [3.8, 4) is 11.4 Å². The Morgan fingerprint density at radius 2 is 1.69 bits per heavy atom. The molecule has 3 aromatic rings. The molecule has 0 saturated heterocycles. The van der Waals surface area contributed by atoms with E-state index in [1.165, 1.54) is 9.13 Å². The zero-order valence-electron chi connectivity index (χ0n) is 14.8. The Morgan fingerprint density at radius 3 is 2.27 bits per heavy atom. The molecule has 0 fully saturated rings. The van der Waals surface area contributed by atoms with Gasteiger partial charge in [-0.2, -0.15) is 0 Å². The molecule has 0 unspecified atom stereocenters. The van der Waals surface area contributed by atoms with Crippen LogP contribution in [0.5, 0.6) is 0 Å². The lowest BCUT2D eigenvalue weighted by atomic mass is 10.1. The number of aryl methyl sites for hydroxylation is 1. The summed E-state index contributed by atoms with van der Waals surface area (Å²) in [5.41, 5.74) is 6.29. The van der Waals surface area contributed by atoms with Crippen LogP contribution < -0.4 is 17.0 Å². The molecule has 0 spiro atoms. The van der Waals surface area contributed by atoms with Gasteiger partial charge >= 0.3 is 5.69 Å². The lowest BCUT2D eigenvalue weighted by Crippen LogP contribution is -2.40. The SMILES string of the molecule is CCCn1c(=O)c2[nH]c(-c3ccc(C(N)=O)cc3)nc2n(CCC)c1=O. The van der Waals surface area contributed by atoms with Crippen molar-refractivity contribution in [3.05, 3.63) is 50.7 Å². The van der Waals surface area contributed by atoms with E-state index in [0.717, 1.165) is 6.42 Å². The van der Waals surface area contributed by atoms with Crippen LogP contribution in [-0.4, -0.2) is 25.0 Å². The minimum absolute atomic E-state index is 0.306. The zero-order chi connectivity index (χ0) is 18.8. The van der Waals surface area contributed by atoms with Gasteiger partial charge in [0.05, 0.1) is 0 Å². The highest BCUT2D eigenvalue weighted by molar-refractivity contribution is 5.93. The van der Waals surface area contributed by atoms with Gasteiger partial charge in [0.15, 0.2) is 5.65 Å². The molecule has 0 saturated carbocycles. The minimum Gasteiger partial charge on any atom is -0.366 e. The van der Waals surface area contributed by atoms with Crippen LogP contribution in [0.25, 0.3) is 22.6 Å². The Kier molecular flexibility index (Phi) is 4.75. The van der Waals surface area contributed by atoms with Gasteiger partial charge in [-0.1, -0.05) is 26.0 Å². The van der Waals surface area contributed by atoms with Crippen LogP contribution in [0, 0.1) is 0 Å². The largest absolute Gasteiger partial charge is 0.366 e. The summed E-state index contributed by atoms with van der Waals surface area (Å²) < 4.78 is 2.78. The van der Waals surface area contributed by atoms with Crippen LogP contribution in [0.15, 0.2) is 33.9 Å². The number of carbonyl (C=O) groups excluding carboxylic acids is 1. The van der Waals surface area contributed by atoms with Crippen molar-refractivity contribution in [1.82, 2.24) is 19.1 Å². The van der Waals surface area contributed by atoms with Crippen LogP contribution in [0.3, 0.4) is 0 Å². The lowest BCUT2D eigenvalue weighted by Gasteiger charge is -2.09. The van der Waals surface area contributed by atoms with E-state index in [2.05, 4.69) is 9.97 Å². The Labute approximate surface area is 149 Å². The number of H-pyrrole nitrogens is 1.